The van der Waals surface area contributed by atoms with E-state index in [1.165, 1.54) is 19.0 Å². The Morgan fingerprint density at radius 1 is 1.02 bits per heavy atom. The number of methoxy groups -OCH3 is 2. The average molecular weight is 645 g/mol. The number of aryl methyl sites for hydroxylation is 1. The van der Waals surface area contributed by atoms with Gasteiger partial charge in [0.2, 0.25) is 5.95 Å². The van der Waals surface area contributed by atoms with Crippen LogP contribution in [0.4, 0.5) is 28.8 Å². The summed E-state index contributed by atoms with van der Waals surface area (Å²) in [5, 5.41) is 11.1. The van der Waals surface area contributed by atoms with Crippen LogP contribution in [0.25, 0.3) is 22.2 Å². The van der Waals surface area contributed by atoms with Crippen LogP contribution in [0.5, 0.6) is 5.75 Å². The summed E-state index contributed by atoms with van der Waals surface area (Å²) in [5.74, 6) is 0.862. The molecule has 0 fully saturated rings. The summed E-state index contributed by atoms with van der Waals surface area (Å²) in [4.78, 5) is 33.0. The van der Waals surface area contributed by atoms with E-state index in [-0.39, 0.29) is 5.56 Å². The fourth-order valence-electron chi connectivity index (χ4n) is 5.37. The van der Waals surface area contributed by atoms with Crippen LogP contribution in [-0.4, -0.2) is 62.5 Å². The van der Waals surface area contributed by atoms with E-state index >= 15 is 0 Å². The van der Waals surface area contributed by atoms with Crippen molar-refractivity contribution in [3.8, 4) is 16.9 Å². The molecule has 12 nitrogen and oxygen atoms in total. The number of carbonyl (C=O) groups excluding carboxylic acids is 1. The molecule has 0 unspecified atom stereocenters. The van der Waals surface area contributed by atoms with Crippen LogP contribution in [0.1, 0.15) is 29.9 Å². The standard InChI is InChI=1S/C30H30BrN9O3/c1-16(2)40-11-8-23-18(14-35-39(23)3)17-12-22(25(42-4)13-24(17)40)37-30-34-15-19(31)28(38-30)36-20-6-7-21-27(33-10-9-32-21)26(20)29(41)43-5/h6-7,9-10,12-16H,8,11H2,1-5H3,(H2,34,36,37,38). The molecule has 0 aliphatic carbocycles. The van der Waals surface area contributed by atoms with Gasteiger partial charge in [0.1, 0.15) is 22.6 Å². The fourth-order valence-corrected chi connectivity index (χ4v) is 5.66. The first kappa shape index (κ1) is 28.3. The molecule has 13 heteroatoms. The van der Waals surface area contributed by atoms with Crippen molar-refractivity contribution in [3.63, 3.8) is 0 Å². The van der Waals surface area contributed by atoms with Gasteiger partial charge in [-0.05, 0) is 48.0 Å². The highest BCUT2D eigenvalue weighted by atomic mass is 79.9. The Hall–Kier alpha value is -4.78. The maximum Gasteiger partial charge on any atom is 0.342 e. The molecule has 6 rings (SSSR count). The van der Waals surface area contributed by atoms with Crippen LogP contribution < -0.4 is 20.3 Å². The van der Waals surface area contributed by atoms with E-state index in [9.17, 15) is 4.79 Å². The Bertz CT molecular complexity index is 1860. The van der Waals surface area contributed by atoms with Gasteiger partial charge < -0.3 is 25.0 Å². The highest BCUT2D eigenvalue weighted by Gasteiger charge is 2.26. The molecule has 2 N–H and O–H groups in total. The number of hydrogen-bond donors (Lipinski definition) is 2. The van der Waals surface area contributed by atoms with Gasteiger partial charge in [-0.1, -0.05) is 0 Å². The number of esters is 1. The van der Waals surface area contributed by atoms with Gasteiger partial charge >= 0.3 is 5.97 Å². The van der Waals surface area contributed by atoms with E-state index in [1.807, 2.05) is 17.9 Å². The summed E-state index contributed by atoms with van der Waals surface area (Å²) in [6.45, 7) is 5.25. The molecule has 0 bridgehead atoms. The van der Waals surface area contributed by atoms with E-state index in [2.05, 4.69) is 77.5 Å². The summed E-state index contributed by atoms with van der Waals surface area (Å²) >= 11 is 3.53. The van der Waals surface area contributed by atoms with Crippen molar-refractivity contribution in [1.29, 1.82) is 0 Å². The first-order chi connectivity index (χ1) is 20.8. The highest BCUT2D eigenvalue weighted by Crippen LogP contribution is 2.43. The Balaban J connectivity index is 1.40. The number of carbonyl (C=O) groups is 1. The maximum absolute atomic E-state index is 12.8. The molecule has 0 spiro atoms. The van der Waals surface area contributed by atoms with Crippen LogP contribution in [0.3, 0.4) is 0 Å². The van der Waals surface area contributed by atoms with Gasteiger partial charge in [-0.25, -0.2) is 9.78 Å². The third kappa shape index (κ3) is 5.20. The number of ether oxygens (including phenoxy) is 2. The van der Waals surface area contributed by atoms with Crippen molar-refractivity contribution in [2.24, 2.45) is 7.05 Å². The minimum absolute atomic E-state index is 0.252. The average Bonchev–Trinajstić information content (AvgIpc) is 3.29. The smallest absolute Gasteiger partial charge is 0.342 e. The second kappa shape index (κ2) is 11.5. The van der Waals surface area contributed by atoms with Crippen molar-refractivity contribution in [3.05, 3.63) is 64.8 Å². The summed E-state index contributed by atoms with van der Waals surface area (Å²) in [7, 11) is 4.95. The predicted octanol–water partition coefficient (Wildman–Crippen LogP) is 5.64. The van der Waals surface area contributed by atoms with Crippen molar-refractivity contribution < 1.29 is 14.3 Å². The Labute approximate surface area is 256 Å². The second-order valence-electron chi connectivity index (χ2n) is 10.3. The van der Waals surface area contributed by atoms with Crippen LogP contribution >= 0.6 is 15.9 Å². The van der Waals surface area contributed by atoms with Crippen molar-refractivity contribution >= 4 is 61.8 Å². The third-order valence-electron chi connectivity index (χ3n) is 7.47. The van der Waals surface area contributed by atoms with Gasteiger partial charge in [-0.2, -0.15) is 10.1 Å². The van der Waals surface area contributed by atoms with Gasteiger partial charge in [0.15, 0.2) is 0 Å². The molecule has 0 atom stereocenters. The van der Waals surface area contributed by atoms with Crippen LogP contribution in [0, 0.1) is 0 Å². The largest absolute Gasteiger partial charge is 0.494 e. The van der Waals surface area contributed by atoms with Crippen molar-refractivity contribution in [1.82, 2.24) is 29.7 Å². The molecule has 5 aromatic rings. The molecule has 0 saturated heterocycles. The lowest BCUT2D eigenvalue weighted by molar-refractivity contribution is 0.0604. The zero-order chi connectivity index (χ0) is 30.2. The van der Waals surface area contributed by atoms with Crippen molar-refractivity contribution in [2.75, 3.05) is 36.3 Å². The molecule has 43 heavy (non-hydrogen) atoms. The molecule has 0 amide bonds. The quantitative estimate of drug-likeness (QED) is 0.214. The predicted molar refractivity (Wildman–Crippen MR) is 169 cm³/mol. The van der Waals surface area contributed by atoms with E-state index in [4.69, 9.17) is 14.5 Å². The molecule has 3 aromatic heterocycles. The van der Waals surface area contributed by atoms with Gasteiger partial charge in [0.05, 0.1) is 41.8 Å². The van der Waals surface area contributed by atoms with Gasteiger partial charge in [0, 0.05) is 73.2 Å². The summed E-state index contributed by atoms with van der Waals surface area (Å²) in [6, 6.07) is 7.93. The number of hydrogen-bond acceptors (Lipinski definition) is 11. The second-order valence-corrected chi connectivity index (χ2v) is 11.1. The van der Waals surface area contributed by atoms with Crippen LogP contribution in [0.15, 0.2) is 53.5 Å². The number of benzene rings is 2. The van der Waals surface area contributed by atoms with E-state index in [1.54, 1.807) is 31.6 Å². The van der Waals surface area contributed by atoms with E-state index < -0.39 is 5.97 Å². The first-order valence-electron chi connectivity index (χ1n) is 13.7. The minimum Gasteiger partial charge on any atom is -0.494 e. The lowest BCUT2D eigenvalue weighted by Gasteiger charge is -2.30. The van der Waals surface area contributed by atoms with Gasteiger partial charge in [-0.3, -0.25) is 14.6 Å². The molecule has 0 radical (unpaired) electrons. The van der Waals surface area contributed by atoms with Gasteiger partial charge in [0.25, 0.3) is 0 Å². The summed E-state index contributed by atoms with van der Waals surface area (Å²) < 4.78 is 13.4. The fraction of sp³-hybridized carbons (Fsp3) is 0.267. The zero-order valence-electron chi connectivity index (χ0n) is 24.3. The van der Waals surface area contributed by atoms with Crippen LogP contribution in [-0.2, 0) is 18.2 Å². The number of aromatic nitrogens is 6. The zero-order valence-corrected chi connectivity index (χ0v) is 25.9. The number of nitrogens with zero attached hydrogens (tertiary/aromatic N) is 7. The Morgan fingerprint density at radius 2 is 1.84 bits per heavy atom. The van der Waals surface area contributed by atoms with E-state index in [0.29, 0.717) is 50.4 Å². The number of fused-ring (bicyclic) bond motifs is 4. The number of rotatable bonds is 7. The summed E-state index contributed by atoms with van der Waals surface area (Å²) in [5.41, 5.74) is 6.79. The molecule has 0 saturated carbocycles. The normalized spacial score (nSPS) is 12.5. The summed E-state index contributed by atoms with van der Waals surface area (Å²) in [6.07, 6.45) is 7.53. The van der Waals surface area contributed by atoms with Gasteiger partial charge in [-0.15, -0.1) is 0 Å². The minimum atomic E-state index is -0.544. The molecule has 2 aromatic carbocycles. The Kier molecular flexibility index (Phi) is 7.57. The third-order valence-corrected chi connectivity index (χ3v) is 8.05. The Morgan fingerprint density at radius 3 is 2.60 bits per heavy atom. The number of nitrogens with one attached hydrogen (secondary N) is 2. The lowest BCUT2D eigenvalue weighted by Crippen LogP contribution is -2.32. The molecular weight excluding hydrogens is 614 g/mol. The topological polar surface area (TPSA) is 132 Å². The lowest BCUT2D eigenvalue weighted by atomic mass is 10.0. The SMILES string of the molecule is COC(=O)c1c(Nc2nc(Nc3cc4c(cc3OC)N(C(C)C)CCc3c-4cnn3C)ncc2Br)ccc2nccnc12. The first-order valence-corrected chi connectivity index (χ1v) is 14.5. The monoisotopic (exact) mass is 643 g/mol. The van der Waals surface area contributed by atoms with Crippen molar-refractivity contribution in [2.45, 2.75) is 26.3 Å². The number of anilines is 5. The van der Waals surface area contributed by atoms with Crippen LogP contribution in [0.2, 0.25) is 0 Å². The molecule has 1 aliphatic rings. The molecule has 4 heterocycles. The number of halogens is 1. The maximum atomic E-state index is 12.8. The molecular formula is C30H30BrN9O3. The van der Waals surface area contributed by atoms with E-state index in [0.717, 1.165) is 29.8 Å². The highest BCUT2D eigenvalue weighted by molar-refractivity contribution is 9.10. The molecule has 1 aliphatic heterocycles. The molecule has 220 valence electrons.